The van der Waals surface area contributed by atoms with Crippen LogP contribution in [-0.2, 0) is 20.8 Å². The van der Waals surface area contributed by atoms with Crippen LogP contribution in [0.4, 0.5) is 0 Å². The maximum absolute atomic E-state index is 12.6. The smallest absolute Gasteiger partial charge is 0.354 e. The predicted octanol–water partition coefficient (Wildman–Crippen LogP) is 1.38. The van der Waals surface area contributed by atoms with E-state index in [4.69, 9.17) is 9.47 Å². The molecule has 1 aliphatic heterocycles. The van der Waals surface area contributed by atoms with Crippen LogP contribution >= 0.6 is 0 Å². The van der Waals surface area contributed by atoms with Crippen LogP contribution in [0.25, 0.3) is 10.9 Å². The third-order valence-electron chi connectivity index (χ3n) is 4.03. The van der Waals surface area contributed by atoms with E-state index in [0.29, 0.717) is 42.9 Å². The fraction of sp³-hybridized carbons (Fsp3) is 0.412. The highest BCUT2D eigenvalue weighted by Crippen LogP contribution is 2.25. The van der Waals surface area contributed by atoms with Gasteiger partial charge in [0.1, 0.15) is 18.0 Å². The van der Waals surface area contributed by atoms with Crippen molar-refractivity contribution in [3.8, 4) is 5.75 Å². The van der Waals surface area contributed by atoms with Crippen LogP contribution in [-0.4, -0.2) is 59.4 Å². The zero-order valence-corrected chi connectivity index (χ0v) is 13.5. The summed E-state index contributed by atoms with van der Waals surface area (Å²) in [5.41, 5.74) is 1.01. The highest BCUT2D eigenvalue weighted by Gasteiger charge is 2.22. The summed E-state index contributed by atoms with van der Waals surface area (Å²) in [4.78, 5) is 26.5. The Morgan fingerprint density at radius 3 is 2.71 bits per heavy atom. The van der Waals surface area contributed by atoms with Gasteiger partial charge in [0.2, 0.25) is 5.91 Å². The Morgan fingerprint density at radius 2 is 2.00 bits per heavy atom. The Bertz CT molecular complexity index is 762. The highest BCUT2D eigenvalue weighted by molar-refractivity contribution is 5.97. The van der Waals surface area contributed by atoms with E-state index < -0.39 is 5.97 Å². The van der Waals surface area contributed by atoms with Crippen molar-refractivity contribution in [2.45, 2.75) is 13.5 Å². The molecule has 1 amide bonds. The molecular formula is C17H20N2O5. The number of morpholine rings is 1. The number of nitrogens with zero attached hydrogens (tertiary/aromatic N) is 2. The van der Waals surface area contributed by atoms with E-state index in [-0.39, 0.29) is 24.8 Å². The maximum Gasteiger partial charge on any atom is 0.354 e. The largest absolute Gasteiger partial charge is 0.508 e. The van der Waals surface area contributed by atoms with E-state index in [9.17, 15) is 14.7 Å². The number of benzene rings is 1. The van der Waals surface area contributed by atoms with Crippen molar-refractivity contribution in [1.29, 1.82) is 0 Å². The number of phenolic OH excluding ortho intramolecular Hbond substituents is 1. The third-order valence-corrected chi connectivity index (χ3v) is 4.03. The van der Waals surface area contributed by atoms with Gasteiger partial charge in [0, 0.05) is 24.0 Å². The second-order valence-electron chi connectivity index (χ2n) is 5.57. The molecule has 1 saturated heterocycles. The van der Waals surface area contributed by atoms with Crippen LogP contribution < -0.4 is 0 Å². The number of phenols is 1. The van der Waals surface area contributed by atoms with Crippen LogP contribution in [0.2, 0.25) is 0 Å². The number of amides is 1. The number of ether oxygens (including phenoxy) is 2. The molecule has 0 aliphatic carbocycles. The molecule has 128 valence electrons. The number of hydrogen-bond donors (Lipinski definition) is 1. The van der Waals surface area contributed by atoms with Gasteiger partial charge in [0.05, 0.1) is 19.8 Å². The first-order valence-corrected chi connectivity index (χ1v) is 7.95. The molecule has 1 aliphatic rings. The first kappa shape index (κ1) is 16.3. The molecule has 0 spiro atoms. The zero-order valence-electron chi connectivity index (χ0n) is 13.5. The molecule has 2 heterocycles. The standard InChI is InChI=1S/C17H20N2O5/c1-2-24-17(22)15-10-12-9-13(20)3-4-14(12)19(15)11-16(21)18-5-7-23-8-6-18/h3-4,9-10,20H,2,5-8,11H2,1H3. The Labute approximate surface area is 139 Å². The van der Waals surface area contributed by atoms with Gasteiger partial charge in [-0.1, -0.05) is 0 Å². The van der Waals surface area contributed by atoms with Crippen molar-refractivity contribution in [1.82, 2.24) is 9.47 Å². The predicted molar refractivity (Wildman–Crippen MR) is 87.0 cm³/mol. The number of hydrogen-bond acceptors (Lipinski definition) is 5. The summed E-state index contributed by atoms with van der Waals surface area (Å²) >= 11 is 0. The second-order valence-corrected chi connectivity index (χ2v) is 5.57. The van der Waals surface area contributed by atoms with Crippen molar-refractivity contribution in [3.63, 3.8) is 0 Å². The van der Waals surface area contributed by atoms with Gasteiger partial charge in [-0.25, -0.2) is 4.79 Å². The summed E-state index contributed by atoms with van der Waals surface area (Å²) in [6.45, 7) is 4.18. The van der Waals surface area contributed by atoms with E-state index >= 15 is 0 Å². The van der Waals surface area contributed by atoms with E-state index in [2.05, 4.69) is 0 Å². The first-order valence-electron chi connectivity index (χ1n) is 7.95. The van der Waals surface area contributed by atoms with Crippen molar-refractivity contribution in [2.75, 3.05) is 32.9 Å². The molecule has 7 heteroatoms. The molecule has 0 atom stereocenters. The van der Waals surface area contributed by atoms with Gasteiger partial charge in [0.15, 0.2) is 0 Å². The molecular weight excluding hydrogens is 312 g/mol. The van der Waals surface area contributed by atoms with Crippen molar-refractivity contribution < 1.29 is 24.2 Å². The second kappa shape index (κ2) is 6.92. The fourth-order valence-electron chi connectivity index (χ4n) is 2.85. The minimum atomic E-state index is -0.483. The van der Waals surface area contributed by atoms with Crippen LogP contribution in [0.3, 0.4) is 0 Å². The van der Waals surface area contributed by atoms with Crippen LogP contribution in [0.5, 0.6) is 5.75 Å². The topological polar surface area (TPSA) is 81.0 Å². The molecule has 2 aromatic rings. The monoisotopic (exact) mass is 332 g/mol. The normalized spacial score (nSPS) is 14.8. The summed E-state index contributed by atoms with van der Waals surface area (Å²) in [6, 6.07) is 6.43. The lowest BCUT2D eigenvalue weighted by Gasteiger charge is -2.27. The first-order chi connectivity index (χ1) is 11.6. The summed E-state index contributed by atoms with van der Waals surface area (Å²) < 4.78 is 12.0. The Hall–Kier alpha value is -2.54. The van der Waals surface area contributed by atoms with Gasteiger partial charge in [-0.3, -0.25) is 4.79 Å². The summed E-state index contributed by atoms with van der Waals surface area (Å²) in [6.07, 6.45) is 0. The fourth-order valence-corrected chi connectivity index (χ4v) is 2.85. The molecule has 3 rings (SSSR count). The van der Waals surface area contributed by atoms with Gasteiger partial charge in [-0.2, -0.15) is 0 Å². The molecule has 1 N–H and O–H groups in total. The highest BCUT2D eigenvalue weighted by atomic mass is 16.5. The average molecular weight is 332 g/mol. The Morgan fingerprint density at radius 1 is 1.25 bits per heavy atom. The van der Waals surface area contributed by atoms with Gasteiger partial charge in [-0.05, 0) is 31.2 Å². The van der Waals surface area contributed by atoms with Gasteiger partial charge < -0.3 is 24.0 Å². The van der Waals surface area contributed by atoms with Gasteiger partial charge in [-0.15, -0.1) is 0 Å². The van der Waals surface area contributed by atoms with E-state index in [1.807, 2.05) is 0 Å². The molecule has 1 fully saturated rings. The van der Waals surface area contributed by atoms with Gasteiger partial charge >= 0.3 is 5.97 Å². The lowest BCUT2D eigenvalue weighted by Crippen LogP contribution is -2.42. The number of rotatable bonds is 4. The SMILES string of the molecule is CCOC(=O)c1cc2cc(O)ccc2n1CC(=O)N1CCOCC1. The van der Waals surface area contributed by atoms with Crippen LogP contribution in [0.1, 0.15) is 17.4 Å². The van der Waals surface area contributed by atoms with Gasteiger partial charge in [0.25, 0.3) is 0 Å². The number of carbonyl (C=O) groups excluding carboxylic acids is 2. The number of fused-ring (bicyclic) bond motifs is 1. The minimum Gasteiger partial charge on any atom is -0.508 e. The summed E-state index contributed by atoms with van der Waals surface area (Å²) in [5.74, 6) is -0.452. The summed E-state index contributed by atoms with van der Waals surface area (Å²) in [7, 11) is 0. The van der Waals surface area contributed by atoms with Crippen LogP contribution in [0, 0.1) is 0 Å². The average Bonchev–Trinajstić information content (AvgIpc) is 2.93. The maximum atomic E-state index is 12.6. The van der Waals surface area contributed by atoms with E-state index in [0.717, 1.165) is 0 Å². The third kappa shape index (κ3) is 3.21. The molecule has 1 aromatic carbocycles. The van der Waals surface area contributed by atoms with Crippen molar-refractivity contribution in [3.05, 3.63) is 30.0 Å². The number of carbonyl (C=O) groups is 2. The lowest BCUT2D eigenvalue weighted by atomic mass is 10.2. The molecule has 0 saturated carbocycles. The van der Waals surface area contributed by atoms with E-state index in [1.165, 1.54) is 6.07 Å². The summed E-state index contributed by atoms with van der Waals surface area (Å²) in [5, 5.41) is 10.3. The Kier molecular flexibility index (Phi) is 4.71. The molecule has 0 radical (unpaired) electrons. The minimum absolute atomic E-state index is 0.0441. The molecule has 7 nitrogen and oxygen atoms in total. The zero-order chi connectivity index (χ0) is 17.1. The van der Waals surface area contributed by atoms with E-state index in [1.54, 1.807) is 34.6 Å². The van der Waals surface area contributed by atoms with Crippen molar-refractivity contribution in [2.24, 2.45) is 0 Å². The van der Waals surface area contributed by atoms with Crippen molar-refractivity contribution >= 4 is 22.8 Å². The lowest BCUT2D eigenvalue weighted by molar-refractivity contribution is -0.135. The molecule has 0 unspecified atom stereocenters. The molecule has 0 bridgehead atoms. The number of esters is 1. The Balaban J connectivity index is 1.95. The number of aromatic nitrogens is 1. The van der Waals surface area contributed by atoms with Crippen LogP contribution in [0.15, 0.2) is 24.3 Å². The quantitative estimate of drug-likeness (QED) is 0.856. The molecule has 24 heavy (non-hydrogen) atoms. The number of aromatic hydroxyl groups is 1. The molecule has 1 aromatic heterocycles.